The third-order valence-electron chi connectivity index (χ3n) is 4.96. The number of anilines is 2. The third-order valence-corrected chi connectivity index (χ3v) is 4.96. The first-order chi connectivity index (χ1) is 16.7. The molecule has 0 aliphatic carbocycles. The molecule has 3 aromatic carbocycles. The Balaban J connectivity index is 1.98. The summed E-state index contributed by atoms with van der Waals surface area (Å²) in [5.41, 5.74) is -0.274. The fourth-order valence-corrected chi connectivity index (χ4v) is 3.29. The molecule has 3 aromatic rings. The lowest BCUT2D eigenvalue weighted by Gasteiger charge is -2.19. The summed E-state index contributed by atoms with van der Waals surface area (Å²) >= 11 is 0. The lowest BCUT2D eigenvalue weighted by atomic mass is 9.96. The molecule has 0 aliphatic heterocycles. The van der Waals surface area contributed by atoms with Gasteiger partial charge >= 0.3 is 0 Å². The Morgan fingerprint density at radius 2 is 1.17 bits per heavy atom. The first-order valence-corrected chi connectivity index (χ1v) is 10.1. The summed E-state index contributed by atoms with van der Waals surface area (Å²) in [6, 6.07) is 15.4. The predicted octanol–water partition coefficient (Wildman–Crippen LogP) is 3.88. The van der Waals surface area contributed by atoms with Gasteiger partial charge in [0.1, 0.15) is 17.4 Å². The Labute approximate surface area is 198 Å². The lowest BCUT2D eigenvalue weighted by Crippen LogP contribution is -2.32. The Morgan fingerprint density at radius 1 is 0.743 bits per heavy atom. The summed E-state index contributed by atoms with van der Waals surface area (Å²) in [6.07, 6.45) is 0. The number of ether oxygens (including phenoxy) is 2. The maximum atomic E-state index is 13.3. The molecule has 0 atom stereocenters. The van der Waals surface area contributed by atoms with Crippen molar-refractivity contribution in [2.24, 2.45) is 0 Å². The van der Waals surface area contributed by atoms with Crippen molar-refractivity contribution in [3.63, 3.8) is 0 Å². The van der Waals surface area contributed by atoms with Gasteiger partial charge in [-0.05, 0) is 17.7 Å². The number of methoxy groups -OCH3 is 2. The van der Waals surface area contributed by atoms with Crippen LogP contribution < -0.4 is 20.1 Å². The van der Waals surface area contributed by atoms with Crippen LogP contribution in [0.3, 0.4) is 0 Å². The molecule has 0 spiro atoms. The number of nitro benzene ring substituents is 2. The summed E-state index contributed by atoms with van der Waals surface area (Å²) in [6.45, 7) is 0. The van der Waals surface area contributed by atoms with Gasteiger partial charge in [-0.3, -0.25) is 29.8 Å². The van der Waals surface area contributed by atoms with E-state index in [1.807, 2.05) is 0 Å². The standard InChI is InChI=1S/C23H20N4O8/c1-34-19-10-8-15(26(30)31)12-17(19)24-22(28)21(14-6-4-3-5-7-14)23(29)25-18-13-16(27(32)33)9-11-20(18)35-2/h3-13,21H,1-2H3,(H,24,28)(H,25,29). The van der Waals surface area contributed by atoms with Crippen molar-refractivity contribution < 1.29 is 28.9 Å². The molecule has 0 saturated heterocycles. The van der Waals surface area contributed by atoms with Crippen molar-refractivity contribution >= 4 is 34.6 Å². The molecule has 12 heteroatoms. The molecule has 12 nitrogen and oxygen atoms in total. The smallest absolute Gasteiger partial charge is 0.271 e. The molecular weight excluding hydrogens is 460 g/mol. The molecule has 0 aromatic heterocycles. The fourth-order valence-electron chi connectivity index (χ4n) is 3.29. The minimum atomic E-state index is -1.43. The van der Waals surface area contributed by atoms with Gasteiger partial charge in [-0.1, -0.05) is 30.3 Å². The van der Waals surface area contributed by atoms with Crippen LogP contribution in [0, 0.1) is 20.2 Å². The average molecular weight is 480 g/mol. The number of hydrogen-bond donors (Lipinski definition) is 2. The molecule has 180 valence electrons. The van der Waals surface area contributed by atoms with Gasteiger partial charge in [0.25, 0.3) is 11.4 Å². The van der Waals surface area contributed by atoms with Crippen LogP contribution in [0.1, 0.15) is 11.5 Å². The molecule has 0 unspecified atom stereocenters. The Hall–Kier alpha value is -5.00. The van der Waals surface area contributed by atoms with Crippen molar-refractivity contribution in [2.45, 2.75) is 5.92 Å². The molecule has 2 amide bonds. The molecule has 3 rings (SSSR count). The van der Waals surface area contributed by atoms with Crippen LogP contribution in [-0.2, 0) is 9.59 Å². The monoisotopic (exact) mass is 480 g/mol. The van der Waals surface area contributed by atoms with E-state index in [0.717, 1.165) is 12.1 Å². The zero-order valence-electron chi connectivity index (χ0n) is 18.6. The van der Waals surface area contributed by atoms with Crippen LogP contribution in [0.5, 0.6) is 11.5 Å². The maximum absolute atomic E-state index is 13.3. The largest absolute Gasteiger partial charge is 0.495 e. The highest BCUT2D eigenvalue weighted by Gasteiger charge is 2.30. The van der Waals surface area contributed by atoms with Crippen molar-refractivity contribution in [3.8, 4) is 11.5 Å². The van der Waals surface area contributed by atoms with Crippen molar-refractivity contribution in [1.29, 1.82) is 0 Å². The number of nitrogens with zero attached hydrogens (tertiary/aromatic N) is 2. The van der Waals surface area contributed by atoms with Crippen LogP contribution >= 0.6 is 0 Å². The quantitative estimate of drug-likeness (QED) is 0.265. The van der Waals surface area contributed by atoms with Crippen LogP contribution in [0.4, 0.5) is 22.7 Å². The van der Waals surface area contributed by atoms with E-state index in [1.165, 1.54) is 38.5 Å². The van der Waals surface area contributed by atoms with Crippen LogP contribution in [0.25, 0.3) is 0 Å². The minimum absolute atomic E-state index is 0.00615. The Kier molecular flexibility index (Phi) is 7.56. The summed E-state index contributed by atoms with van der Waals surface area (Å²) in [5.74, 6) is -2.74. The zero-order chi connectivity index (χ0) is 25.5. The van der Waals surface area contributed by atoms with E-state index in [9.17, 15) is 29.8 Å². The van der Waals surface area contributed by atoms with Crippen molar-refractivity contribution in [3.05, 3.63) is 92.5 Å². The number of hydrogen-bond acceptors (Lipinski definition) is 8. The average Bonchev–Trinajstić information content (AvgIpc) is 2.84. The number of benzene rings is 3. The van der Waals surface area contributed by atoms with Crippen LogP contribution in [-0.4, -0.2) is 35.9 Å². The SMILES string of the molecule is COc1ccc([N+](=O)[O-])cc1NC(=O)C(C(=O)Nc1cc([N+](=O)[O-])ccc1OC)c1ccccc1. The molecule has 0 radical (unpaired) electrons. The highest BCUT2D eigenvalue weighted by atomic mass is 16.6. The molecule has 35 heavy (non-hydrogen) atoms. The maximum Gasteiger partial charge on any atom is 0.271 e. The molecule has 2 N–H and O–H groups in total. The highest BCUT2D eigenvalue weighted by molar-refractivity contribution is 6.15. The minimum Gasteiger partial charge on any atom is -0.495 e. The highest BCUT2D eigenvalue weighted by Crippen LogP contribution is 2.32. The van der Waals surface area contributed by atoms with Gasteiger partial charge in [0, 0.05) is 24.3 Å². The molecular formula is C23H20N4O8. The van der Waals surface area contributed by atoms with E-state index in [2.05, 4.69) is 10.6 Å². The van der Waals surface area contributed by atoms with Gasteiger partial charge in [0.2, 0.25) is 11.8 Å². The number of amides is 2. The first kappa shape index (κ1) is 24.6. The van der Waals surface area contributed by atoms with Gasteiger partial charge < -0.3 is 20.1 Å². The molecule has 0 saturated carbocycles. The second kappa shape index (κ2) is 10.7. The fraction of sp³-hybridized carbons (Fsp3) is 0.130. The van der Waals surface area contributed by atoms with Gasteiger partial charge in [-0.25, -0.2) is 0 Å². The van der Waals surface area contributed by atoms with E-state index in [0.29, 0.717) is 5.56 Å². The number of nitro groups is 2. The molecule has 0 aliphatic rings. The number of carbonyl (C=O) groups is 2. The third kappa shape index (κ3) is 5.68. The molecule has 0 bridgehead atoms. The van der Waals surface area contributed by atoms with Gasteiger partial charge in [-0.2, -0.15) is 0 Å². The topological polar surface area (TPSA) is 163 Å². The van der Waals surface area contributed by atoms with Crippen LogP contribution in [0.2, 0.25) is 0 Å². The summed E-state index contributed by atoms with van der Waals surface area (Å²) in [5, 5.41) is 27.4. The Morgan fingerprint density at radius 3 is 1.54 bits per heavy atom. The number of non-ortho nitro benzene ring substituents is 2. The van der Waals surface area contributed by atoms with Crippen molar-refractivity contribution in [1.82, 2.24) is 0 Å². The van der Waals surface area contributed by atoms with E-state index >= 15 is 0 Å². The number of rotatable bonds is 9. The number of nitrogens with one attached hydrogen (secondary N) is 2. The van der Waals surface area contributed by atoms with E-state index < -0.39 is 27.6 Å². The van der Waals surface area contributed by atoms with E-state index in [4.69, 9.17) is 9.47 Å². The molecule has 0 heterocycles. The summed E-state index contributed by atoms with van der Waals surface area (Å²) < 4.78 is 10.3. The zero-order valence-corrected chi connectivity index (χ0v) is 18.6. The van der Waals surface area contributed by atoms with Crippen LogP contribution in [0.15, 0.2) is 66.7 Å². The second-order valence-electron chi connectivity index (χ2n) is 7.11. The van der Waals surface area contributed by atoms with Crippen molar-refractivity contribution in [2.75, 3.05) is 24.9 Å². The lowest BCUT2D eigenvalue weighted by molar-refractivity contribution is -0.385. The normalized spacial score (nSPS) is 10.4. The van der Waals surface area contributed by atoms with Gasteiger partial charge in [-0.15, -0.1) is 0 Å². The molecule has 0 fully saturated rings. The summed E-state index contributed by atoms with van der Waals surface area (Å²) in [7, 11) is 2.65. The first-order valence-electron chi connectivity index (χ1n) is 10.1. The Bertz CT molecular complexity index is 1200. The van der Waals surface area contributed by atoms with E-state index in [1.54, 1.807) is 30.3 Å². The van der Waals surface area contributed by atoms with E-state index in [-0.39, 0.29) is 34.2 Å². The van der Waals surface area contributed by atoms with Gasteiger partial charge in [0.05, 0.1) is 35.4 Å². The number of carbonyl (C=O) groups excluding carboxylic acids is 2. The summed E-state index contributed by atoms with van der Waals surface area (Å²) in [4.78, 5) is 47.6. The predicted molar refractivity (Wildman–Crippen MR) is 126 cm³/mol. The van der Waals surface area contributed by atoms with Gasteiger partial charge in [0.15, 0.2) is 0 Å². The second-order valence-corrected chi connectivity index (χ2v) is 7.11.